The number of hydrogen-bond donors (Lipinski definition) is 3. The van der Waals surface area contributed by atoms with Crippen molar-refractivity contribution in [1.82, 2.24) is 10.3 Å². The van der Waals surface area contributed by atoms with Gasteiger partial charge < -0.3 is 16.4 Å². The molecule has 1 heterocycles. The Kier molecular flexibility index (Phi) is 5.32. The normalized spacial score (nSPS) is 10.0. The van der Waals surface area contributed by atoms with Crippen LogP contribution in [0.4, 0.5) is 5.69 Å². The van der Waals surface area contributed by atoms with Gasteiger partial charge in [0.15, 0.2) is 0 Å². The van der Waals surface area contributed by atoms with Gasteiger partial charge in [-0.15, -0.1) is 0 Å². The summed E-state index contributed by atoms with van der Waals surface area (Å²) in [4.78, 5) is 26.8. The van der Waals surface area contributed by atoms with Crippen LogP contribution in [0, 0.1) is 0 Å². The smallest absolute Gasteiger partial charge is 0.267 e. The number of nitrogens with zero attached hydrogens (tertiary/aromatic N) is 1. The number of halogens is 1. The summed E-state index contributed by atoms with van der Waals surface area (Å²) in [7, 11) is 0. The Bertz CT molecular complexity index is 691. The standard InChI is InChI=1S/C15H15ClN4O2/c16-12-4-2-1-3-11(12)15(22)20-8-7-18-10-5-6-19-13(9-10)14(17)21/h1-6,9H,7-8H2,(H2,17,21)(H,18,19)(H,20,22). The molecule has 0 bridgehead atoms. The number of primary amides is 1. The molecule has 2 aromatic rings. The fourth-order valence-corrected chi connectivity index (χ4v) is 2.02. The van der Waals surface area contributed by atoms with E-state index in [4.69, 9.17) is 17.3 Å². The van der Waals surface area contributed by atoms with Gasteiger partial charge >= 0.3 is 0 Å². The predicted octanol–water partition coefficient (Wildman–Crippen LogP) is 1.68. The Balaban J connectivity index is 1.82. The van der Waals surface area contributed by atoms with Crippen LogP contribution in [-0.2, 0) is 0 Å². The van der Waals surface area contributed by atoms with Crippen molar-refractivity contribution in [3.63, 3.8) is 0 Å². The zero-order valence-electron chi connectivity index (χ0n) is 11.7. The zero-order valence-corrected chi connectivity index (χ0v) is 12.4. The van der Waals surface area contributed by atoms with Gasteiger partial charge in [-0.25, -0.2) is 0 Å². The van der Waals surface area contributed by atoms with E-state index in [1.54, 1.807) is 36.4 Å². The maximum atomic E-state index is 11.9. The summed E-state index contributed by atoms with van der Waals surface area (Å²) in [5, 5.41) is 6.23. The first-order chi connectivity index (χ1) is 10.6. The molecule has 1 aromatic carbocycles. The molecule has 0 atom stereocenters. The van der Waals surface area contributed by atoms with E-state index in [2.05, 4.69) is 15.6 Å². The summed E-state index contributed by atoms with van der Waals surface area (Å²) >= 11 is 5.95. The van der Waals surface area contributed by atoms with E-state index in [0.717, 1.165) is 0 Å². The molecule has 0 saturated heterocycles. The van der Waals surface area contributed by atoms with Crippen LogP contribution in [0.2, 0.25) is 5.02 Å². The van der Waals surface area contributed by atoms with Crippen molar-refractivity contribution in [3.8, 4) is 0 Å². The van der Waals surface area contributed by atoms with Gasteiger partial charge in [-0.3, -0.25) is 14.6 Å². The van der Waals surface area contributed by atoms with Crippen molar-refractivity contribution in [3.05, 3.63) is 58.9 Å². The van der Waals surface area contributed by atoms with E-state index in [-0.39, 0.29) is 11.6 Å². The Morgan fingerprint density at radius 3 is 2.68 bits per heavy atom. The van der Waals surface area contributed by atoms with Crippen LogP contribution in [0.15, 0.2) is 42.6 Å². The lowest BCUT2D eigenvalue weighted by Gasteiger charge is -2.09. The van der Waals surface area contributed by atoms with Gasteiger partial charge in [0.25, 0.3) is 11.8 Å². The molecule has 2 rings (SSSR count). The first kappa shape index (κ1) is 15.8. The zero-order chi connectivity index (χ0) is 15.9. The molecule has 0 aliphatic rings. The van der Waals surface area contributed by atoms with Crippen molar-refractivity contribution in [1.29, 1.82) is 0 Å². The van der Waals surface area contributed by atoms with Crippen molar-refractivity contribution in [2.24, 2.45) is 5.73 Å². The highest BCUT2D eigenvalue weighted by atomic mass is 35.5. The number of hydrogen-bond acceptors (Lipinski definition) is 4. The maximum Gasteiger partial charge on any atom is 0.267 e. The van der Waals surface area contributed by atoms with Crippen LogP contribution in [0.3, 0.4) is 0 Å². The molecule has 0 unspecified atom stereocenters. The summed E-state index contributed by atoms with van der Waals surface area (Å²) in [5.74, 6) is -0.823. The van der Waals surface area contributed by atoms with Gasteiger partial charge in [0.05, 0.1) is 10.6 Å². The molecule has 4 N–H and O–H groups in total. The molecule has 7 heteroatoms. The minimum Gasteiger partial charge on any atom is -0.383 e. The molecule has 1 aromatic heterocycles. The highest BCUT2D eigenvalue weighted by Crippen LogP contribution is 2.14. The van der Waals surface area contributed by atoms with Crippen molar-refractivity contribution >= 4 is 29.1 Å². The fraction of sp³-hybridized carbons (Fsp3) is 0.133. The topological polar surface area (TPSA) is 97.1 Å². The lowest BCUT2D eigenvalue weighted by molar-refractivity contribution is 0.0954. The number of carbonyl (C=O) groups is 2. The quantitative estimate of drug-likeness (QED) is 0.706. The highest BCUT2D eigenvalue weighted by Gasteiger charge is 2.08. The Morgan fingerprint density at radius 1 is 1.18 bits per heavy atom. The highest BCUT2D eigenvalue weighted by molar-refractivity contribution is 6.33. The molecule has 6 nitrogen and oxygen atoms in total. The number of rotatable bonds is 6. The summed E-state index contributed by atoms with van der Waals surface area (Å²) in [6.45, 7) is 0.886. The second kappa shape index (κ2) is 7.42. The largest absolute Gasteiger partial charge is 0.383 e. The molecule has 0 aliphatic carbocycles. The number of aromatic nitrogens is 1. The average Bonchev–Trinajstić information content (AvgIpc) is 2.52. The van der Waals surface area contributed by atoms with Crippen LogP contribution in [0.5, 0.6) is 0 Å². The van der Waals surface area contributed by atoms with E-state index in [1.807, 2.05) is 0 Å². The third-order valence-corrected chi connectivity index (χ3v) is 3.20. The number of nitrogens with two attached hydrogens (primary N) is 1. The number of nitrogens with one attached hydrogen (secondary N) is 2. The van der Waals surface area contributed by atoms with Crippen molar-refractivity contribution in [2.45, 2.75) is 0 Å². The monoisotopic (exact) mass is 318 g/mol. The lowest BCUT2D eigenvalue weighted by Crippen LogP contribution is -2.29. The molecule has 0 spiro atoms. The van der Waals surface area contributed by atoms with Gasteiger partial charge in [-0.2, -0.15) is 0 Å². The van der Waals surface area contributed by atoms with Gasteiger partial charge in [-0.05, 0) is 24.3 Å². The van der Waals surface area contributed by atoms with Crippen LogP contribution in [0.1, 0.15) is 20.8 Å². The van der Waals surface area contributed by atoms with Crippen LogP contribution >= 0.6 is 11.6 Å². The van der Waals surface area contributed by atoms with Crippen molar-refractivity contribution in [2.75, 3.05) is 18.4 Å². The molecular formula is C15H15ClN4O2. The first-order valence-corrected chi connectivity index (χ1v) is 6.98. The lowest BCUT2D eigenvalue weighted by atomic mass is 10.2. The molecule has 0 aliphatic heterocycles. The number of benzene rings is 1. The van der Waals surface area contributed by atoms with Gasteiger partial charge in [-0.1, -0.05) is 23.7 Å². The summed E-state index contributed by atoms with van der Waals surface area (Å²) in [6.07, 6.45) is 1.49. The molecule has 0 saturated carbocycles. The molecule has 114 valence electrons. The van der Waals surface area contributed by atoms with Gasteiger partial charge in [0.1, 0.15) is 5.69 Å². The minimum atomic E-state index is -0.587. The maximum absolute atomic E-state index is 11.9. The Hall–Kier alpha value is -2.60. The third kappa shape index (κ3) is 4.20. The fourth-order valence-electron chi connectivity index (χ4n) is 1.80. The molecular weight excluding hydrogens is 304 g/mol. The van der Waals surface area contributed by atoms with Crippen molar-refractivity contribution < 1.29 is 9.59 Å². The minimum absolute atomic E-state index is 0.185. The number of amides is 2. The molecule has 2 amide bonds. The van der Waals surface area contributed by atoms with E-state index in [1.165, 1.54) is 6.20 Å². The summed E-state index contributed by atoms with van der Waals surface area (Å²) in [6, 6.07) is 10.1. The second-order valence-corrected chi connectivity index (χ2v) is 4.86. The van der Waals surface area contributed by atoms with Gasteiger partial charge in [0.2, 0.25) is 0 Å². The van der Waals surface area contributed by atoms with E-state index in [0.29, 0.717) is 29.4 Å². The SMILES string of the molecule is NC(=O)c1cc(NCCNC(=O)c2ccccc2Cl)ccn1. The summed E-state index contributed by atoms with van der Waals surface area (Å²) in [5.41, 5.74) is 6.48. The van der Waals surface area contributed by atoms with E-state index < -0.39 is 5.91 Å². The number of pyridine rings is 1. The van der Waals surface area contributed by atoms with Crippen LogP contribution in [-0.4, -0.2) is 29.9 Å². The predicted molar refractivity (Wildman–Crippen MR) is 85.0 cm³/mol. The third-order valence-electron chi connectivity index (χ3n) is 2.87. The first-order valence-electron chi connectivity index (χ1n) is 6.60. The summed E-state index contributed by atoms with van der Waals surface area (Å²) < 4.78 is 0. The van der Waals surface area contributed by atoms with Gasteiger partial charge in [0, 0.05) is 25.0 Å². The van der Waals surface area contributed by atoms with Crippen LogP contribution in [0.25, 0.3) is 0 Å². The molecule has 0 radical (unpaired) electrons. The number of anilines is 1. The number of carbonyl (C=O) groups excluding carboxylic acids is 2. The second-order valence-electron chi connectivity index (χ2n) is 4.46. The van der Waals surface area contributed by atoms with E-state index >= 15 is 0 Å². The average molecular weight is 319 g/mol. The Labute approximate surface area is 132 Å². The molecule has 22 heavy (non-hydrogen) atoms. The van der Waals surface area contributed by atoms with Crippen LogP contribution < -0.4 is 16.4 Å². The molecule has 0 fully saturated rings. The van der Waals surface area contributed by atoms with E-state index in [9.17, 15) is 9.59 Å². The Morgan fingerprint density at radius 2 is 1.95 bits per heavy atom.